The topological polar surface area (TPSA) is 110 Å². The Kier molecular flexibility index (Phi) is 4.58. The number of nitro groups is 1. The van der Waals surface area contributed by atoms with Crippen LogP contribution in [0, 0.1) is 10.1 Å². The molecule has 0 spiro atoms. The molecule has 10 heteroatoms. The molecule has 28 heavy (non-hydrogen) atoms. The van der Waals surface area contributed by atoms with Crippen molar-refractivity contribution in [2.75, 3.05) is 13.9 Å². The summed E-state index contributed by atoms with van der Waals surface area (Å²) in [4.78, 5) is 10.4. The van der Waals surface area contributed by atoms with Crippen molar-refractivity contribution in [2.45, 2.75) is 0 Å². The number of benzene rings is 2. The predicted octanol–water partition coefficient (Wildman–Crippen LogP) is 4.12. The third kappa shape index (κ3) is 3.35. The first-order chi connectivity index (χ1) is 13.5. The highest BCUT2D eigenvalue weighted by molar-refractivity contribution is 6.50. The minimum absolute atomic E-state index is 0.0693. The van der Waals surface area contributed by atoms with Crippen LogP contribution in [0.25, 0.3) is 22.6 Å². The molecule has 4 rings (SSSR count). The molecule has 0 fully saturated rings. The molecular formula is C18H12ClN3O6. The van der Waals surface area contributed by atoms with Crippen LogP contribution in [0.4, 0.5) is 5.69 Å². The number of methoxy groups -OCH3 is 1. The molecule has 0 N–H and O–H groups in total. The van der Waals surface area contributed by atoms with Crippen LogP contribution in [0.2, 0.25) is 0 Å². The maximum atomic E-state index is 10.9. The first-order valence-corrected chi connectivity index (χ1v) is 8.36. The van der Waals surface area contributed by atoms with Gasteiger partial charge in [0.05, 0.1) is 12.0 Å². The number of hydrogen-bond acceptors (Lipinski definition) is 8. The van der Waals surface area contributed by atoms with Crippen LogP contribution in [0.15, 0.2) is 40.8 Å². The Morgan fingerprint density at radius 3 is 2.93 bits per heavy atom. The van der Waals surface area contributed by atoms with E-state index in [0.29, 0.717) is 28.4 Å². The van der Waals surface area contributed by atoms with Gasteiger partial charge < -0.3 is 18.6 Å². The van der Waals surface area contributed by atoms with Gasteiger partial charge in [-0.25, -0.2) is 0 Å². The molecule has 0 amide bonds. The lowest BCUT2D eigenvalue weighted by atomic mass is 10.1. The third-order valence-electron chi connectivity index (χ3n) is 3.91. The molecule has 2 aromatic carbocycles. The molecule has 0 radical (unpaired) electrons. The van der Waals surface area contributed by atoms with Crippen LogP contribution in [-0.2, 0) is 0 Å². The monoisotopic (exact) mass is 401 g/mol. The van der Waals surface area contributed by atoms with Crippen LogP contribution in [0.3, 0.4) is 0 Å². The van der Waals surface area contributed by atoms with Crippen LogP contribution in [0.5, 0.6) is 17.2 Å². The Morgan fingerprint density at radius 2 is 2.14 bits per heavy atom. The average Bonchev–Trinajstić information content (AvgIpc) is 3.37. The Bertz CT molecular complexity index is 1090. The third-order valence-corrected chi connectivity index (χ3v) is 4.18. The first kappa shape index (κ1) is 17.8. The van der Waals surface area contributed by atoms with Gasteiger partial charge in [0, 0.05) is 17.7 Å². The van der Waals surface area contributed by atoms with Crippen molar-refractivity contribution in [3.63, 3.8) is 0 Å². The van der Waals surface area contributed by atoms with Crippen molar-refractivity contribution < 1.29 is 23.6 Å². The highest BCUT2D eigenvalue weighted by Crippen LogP contribution is 2.42. The van der Waals surface area contributed by atoms with Gasteiger partial charge in [0.25, 0.3) is 11.6 Å². The van der Waals surface area contributed by atoms with Gasteiger partial charge in [-0.2, -0.15) is 0 Å². The lowest BCUT2D eigenvalue weighted by molar-refractivity contribution is -0.384. The molecule has 1 aliphatic rings. The van der Waals surface area contributed by atoms with E-state index in [1.54, 1.807) is 24.3 Å². The molecule has 1 aromatic heterocycles. The lowest BCUT2D eigenvalue weighted by Crippen LogP contribution is -1.93. The number of hydrogen-bond donors (Lipinski definition) is 0. The quantitative estimate of drug-likeness (QED) is 0.463. The highest BCUT2D eigenvalue weighted by Gasteiger charge is 2.20. The van der Waals surface area contributed by atoms with Crippen molar-refractivity contribution in [2.24, 2.45) is 0 Å². The summed E-state index contributed by atoms with van der Waals surface area (Å²) in [5.74, 6) is 1.77. The zero-order valence-corrected chi connectivity index (χ0v) is 15.2. The number of non-ortho nitro benzene ring substituents is 1. The summed E-state index contributed by atoms with van der Waals surface area (Å²) in [5, 5.41) is 18.9. The second-order valence-electron chi connectivity index (χ2n) is 5.67. The molecule has 0 bridgehead atoms. The Hall–Kier alpha value is -3.59. The highest BCUT2D eigenvalue weighted by atomic mass is 35.5. The largest absolute Gasteiger partial charge is 0.493 e. The molecule has 2 heterocycles. The first-order valence-electron chi connectivity index (χ1n) is 7.98. The molecule has 0 atom stereocenters. The summed E-state index contributed by atoms with van der Waals surface area (Å²) in [5.41, 5.74) is 1.02. The number of halogens is 1. The normalized spacial score (nSPS) is 12.9. The van der Waals surface area contributed by atoms with Gasteiger partial charge in [-0.15, -0.1) is 10.2 Å². The minimum atomic E-state index is -0.499. The van der Waals surface area contributed by atoms with Crippen LogP contribution >= 0.6 is 11.6 Å². The van der Waals surface area contributed by atoms with Gasteiger partial charge in [0.2, 0.25) is 18.4 Å². The maximum Gasteiger partial charge on any atom is 0.270 e. The molecule has 0 unspecified atom stereocenters. The van der Waals surface area contributed by atoms with Gasteiger partial charge in [-0.1, -0.05) is 17.7 Å². The number of fused-ring (bicyclic) bond motifs is 1. The van der Waals surface area contributed by atoms with Crippen LogP contribution in [-0.4, -0.2) is 29.0 Å². The average molecular weight is 402 g/mol. The smallest absolute Gasteiger partial charge is 0.270 e. The maximum absolute atomic E-state index is 10.9. The standard InChI is InChI=1S/C18H12ClN3O6/c1-25-14-6-10(7-15-16(14)27-9-26-15)5-13(19)18-21-20-17(28-18)11-3-2-4-12(8-11)22(23)24/h2-8H,9H2,1H3/b13-5-. The SMILES string of the molecule is COc1cc(/C=C(\Cl)c2nnc(-c3cccc([N+](=O)[O-])c3)o2)cc2c1OCO2. The van der Waals surface area contributed by atoms with Gasteiger partial charge in [-0.05, 0) is 29.8 Å². The van der Waals surface area contributed by atoms with Crippen molar-refractivity contribution in [1.82, 2.24) is 10.2 Å². The number of ether oxygens (including phenoxy) is 3. The molecule has 0 saturated heterocycles. The summed E-state index contributed by atoms with van der Waals surface area (Å²) < 4.78 is 21.6. The summed E-state index contributed by atoms with van der Waals surface area (Å²) >= 11 is 6.31. The number of rotatable bonds is 5. The summed E-state index contributed by atoms with van der Waals surface area (Å²) in [7, 11) is 1.52. The second kappa shape index (κ2) is 7.20. The van der Waals surface area contributed by atoms with Crippen molar-refractivity contribution >= 4 is 28.4 Å². The lowest BCUT2D eigenvalue weighted by Gasteiger charge is -2.06. The molecule has 142 valence electrons. The fourth-order valence-corrected chi connectivity index (χ4v) is 2.83. The Labute approximate surface area is 163 Å². The van der Waals surface area contributed by atoms with Gasteiger partial charge in [-0.3, -0.25) is 10.1 Å². The number of nitro benzene ring substituents is 1. The van der Waals surface area contributed by atoms with Crippen LogP contribution in [0.1, 0.15) is 11.5 Å². The fraction of sp³-hybridized carbons (Fsp3) is 0.111. The summed E-state index contributed by atoms with van der Waals surface area (Å²) in [6.07, 6.45) is 1.61. The fourth-order valence-electron chi connectivity index (χ4n) is 2.63. The van der Waals surface area contributed by atoms with Crippen LogP contribution < -0.4 is 14.2 Å². The summed E-state index contributed by atoms with van der Waals surface area (Å²) in [6.45, 7) is 0.114. The molecular weight excluding hydrogens is 390 g/mol. The number of nitrogens with zero attached hydrogens (tertiary/aromatic N) is 3. The molecule has 1 aliphatic heterocycles. The zero-order chi connectivity index (χ0) is 19.7. The second-order valence-corrected chi connectivity index (χ2v) is 6.08. The van der Waals surface area contributed by atoms with E-state index in [4.69, 9.17) is 30.2 Å². The molecule has 0 saturated carbocycles. The van der Waals surface area contributed by atoms with E-state index in [0.717, 1.165) is 0 Å². The van der Waals surface area contributed by atoms with E-state index in [-0.39, 0.29) is 29.3 Å². The molecule has 3 aromatic rings. The Balaban J connectivity index is 1.64. The van der Waals surface area contributed by atoms with E-state index < -0.39 is 4.92 Å². The van der Waals surface area contributed by atoms with Crippen molar-refractivity contribution in [1.29, 1.82) is 0 Å². The summed E-state index contributed by atoms with van der Waals surface area (Å²) in [6, 6.07) is 9.36. The van der Waals surface area contributed by atoms with Gasteiger partial charge in [0.15, 0.2) is 11.5 Å². The van der Waals surface area contributed by atoms with E-state index in [2.05, 4.69) is 10.2 Å². The number of aromatic nitrogens is 2. The zero-order valence-electron chi connectivity index (χ0n) is 14.4. The van der Waals surface area contributed by atoms with E-state index >= 15 is 0 Å². The molecule has 0 aliphatic carbocycles. The predicted molar refractivity (Wildman–Crippen MR) is 99.2 cm³/mol. The van der Waals surface area contributed by atoms with Gasteiger partial charge in [0.1, 0.15) is 5.03 Å². The minimum Gasteiger partial charge on any atom is -0.493 e. The van der Waals surface area contributed by atoms with Crippen molar-refractivity contribution in [3.8, 4) is 28.7 Å². The van der Waals surface area contributed by atoms with E-state index in [1.807, 2.05) is 0 Å². The van der Waals surface area contributed by atoms with E-state index in [9.17, 15) is 10.1 Å². The van der Waals surface area contributed by atoms with Crippen molar-refractivity contribution in [3.05, 3.63) is 58.0 Å². The van der Waals surface area contributed by atoms with Gasteiger partial charge >= 0.3 is 0 Å². The molecule has 9 nitrogen and oxygen atoms in total. The Morgan fingerprint density at radius 1 is 1.29 bits per heavy atom. The van der Waals surface area contributed by atoms with E-state index in [1.165, 1.54) is 25.3 Å².